The minimum absolute atomic E-state index is 0.245. The molecule has 0 radical (unpaired) electrons. The summed E-state index contributed by atoms with van der Waals surface area (Å²) in [5, 5.41) is 4.00. The Balaban J connectivity index is 2.18. The Bertz CT molecular complexity index is 245. The van der Waals surface area contributed by atoms with E-state index in [0.717, 1.165) is 0 Å². The molecule has 0 aromatic rings. The lowest BCUT2D eigenvalue weighted by Gasteiger charge is -2.55. The fourth-order valence-corrected chi connectivity index (χ4v) is 3.84. The van der Waals surface area contributed by atoms with Crippen molar-refractivity contribution in [2.24, 2.45) is 11.7 Å². The quantitative estimate of drug-likeness (QED) is 0.719. The van der Waals surface area contributed by atoms with Gasteiger partial charge >= 0.3 is 0 Å². The van der Waals surface area contributed by atoms with Crippen LogP contribution in [0.2, 0.25) is 0 Å². The van der Waals surface area contributed by atoms with Gasteiger partial charge in [0, 0.05) is 17.1 Å². The molecule has 0 aromatic carbocycles. The van der Waals surface area contributed by atoms with Crippen LogP contribution in [0.4, 0.5) is 0 Å². The zero-order valence-electron chi connectivity index (χ0n) is 11.2. The largest absolute Gasteiger partial charge is 0.327 e. The molecule has 1 saturated carbocycles. The van der Waals surface area contributed by atoms with Gasteiger partial charge in [-0.3, -0.25) is 0 Å². The van der Waals surface area contributed by atoms with Gasteiger partial charge in [0.05, 0.1) is 0 Å². The molecule has 1 heterocycles. The highest BCUT2D eigenvalue weighted by molar-refractivity contribution is 5.08. The summed E-state index contributed by atoms with van der Waals surface area (Å²) in [5.74, 6) is 0.588. The maximum atomic E-state index is 6.39. The van der Waals surface area contributed by atoms with Crippen molar-refractivity contribution in [2.45, 2.75) is 82.8 Å². The topological polar surface area (TPSA) is 38.0 Å². The Labute approximate surface area is 100 Å². The van der Waals surface area contributed by atoms with Crippen molar-refractivity contribution < 1.29 is 0 Å². The molecule has 2 heteroatoms. The highest BCUT2D eigenvalue weighted by Gasteiger charge is 2.47. The Kier molecular flexibility index (Phi) is 3.33. The second kappa shape index (κ2) is 4.30. The molecule has 1 saturated heterocycles. The predicted octanol–water partition coefficient (Wildman–Crippen LogP) is 2.81. The molecule has 0 amide bonds. The molecule has 2 nitrogen and oxygen atoms in total. The molecule has 1 spiro atoms. The molecule has 1 aliphatic heterocycles. The lowest BCUT2D eigenvalue weighted by atomic mass is 9.65. The van der Waals surface area contributed by atoms with E-state index in [-0.39, 0.29) is 5.54 Å². The summed E-state index contributed by atoms with van der Waals surface area (Å²) < 4.78 is 0. The first kappa shape index (κ1) is 12.4. The fourth-order valence-electron chi connectivity index (χ4n) is 3.84. The van der Waals surface area contributed by atoms with E-state index < -0.39 is 0 Å². The van der Waals surface area contributed by atoms with Crippen LogP contribution in [-0.2, 0) is 0 Å². The summed E-state index contributed by atoms with van der Waals surface area (Å²) in [6.07, 6.45) is 9.22. The van der Waals surface area contributed by atoms with Gasteiger partial charge in [0.2, 0.25) is 0 Å². The maximum Gasteiger partial charge on any atom is 0.0201 e. The summed E-state index contributed by atoms with van der Waals surface area (Å²) in [6.45, 7) is 6.97. The number of nitrogens with two attached hydrogens (primary N) is 1. The molecule has 16 heavy (non-hydrogen) atoms. The van der Waals surface area contributed by atoms with E-state index in [4.69, 9.17) is 5.73 Å². The molecule has 94 valence electrons. The van der Waals surface area contributed by atoms with Gasteiger partial charge in [-0.25, -0.2) is 0 Å². The van der Waals surface area contributed by atoms with Gasteiger partial charge < -0.3 is 11.1 Å². The molecular formula is C14H28N2. The van der Waals surface area contributed by atoms with Gasteiger partial charge in [-0.05, 0) is 38.5 Å². The Hall–Kier alpha value is -0.0800. The fraction of sp³-hybridized carbons (Fsp3) is 1.00. The van der Waals surface area contributed by atoms with Crippen LogP contribution in [0, 0.1) is 5.92 Å². The van der Waals surface area contributed by atoms with Crippen molar-refractivity contribution in [1.29, 1.82) is 0 Å². The van der Waals surface area contributed by atoms with Crippen LogP contribution in [0.1, 0.15) is 65.7 Å². The molecule has 0 aromatic heterocycles. The standard InChI is InChI=1S/C14H28N2/c1-4-13(3)11(2)12(15)10-14(16-13)8-6-5-7-9-14/h11-12,16H,4-10,15H2,1-3H3. The third kappa shape index (κ3) is 2.02. The molecule has 2 rings (SSSR count). The minimum atomic E-state index is 0.245. The Morgan fingerprint density at radius 1 is 1.25 bits per heavy atom. The van der Waals surface area contributed by atoms with Crippen LogP contribution >= 0.6 is 0 Å². The van der Waals surface area contributed by atoms with Gasteiger partial charge in [0.15, 0.2) is 0 Å². The van der Waals surface area contributed by atoms with Crippen LogP contribution in [0.5, 0.6) is 0 Å². The normalized spacial score (nSPS) is 43.5. The van der Waals surface area contributed by atoms with E-state index in [9.17, 15) is 0 Å². The second-order valence-electron chi connectivity index (χ2n) is 6.39. The van der Waals surface area contributed by atoms with Crippen molar-refractivity contribution >= 4 is 0 Å². The third-order valence-corrected chi connectivity index (χ3v) is 5.37. The van der Waals surface area contributed by atoms with E-state index in [2.05, 4.69) is 26.1 Å². The van der Waals surface area contributed by atoms with Crippen LogP contribution in [0.3, 0.4) is 0 Å². The van der Waals surface area contributed by atoms with Gasteiger partial charge in [-0.1, -0.05) is 33.1 Å². The van der Waals surface area contributed by atoms with E-state index in [1.54, 1.807) is 0 Å². The van der Waals surface area contributed by atoms with Crippen molar-refractivity contribution in [2.75, 3.05) is 0 Å². The summed E-state index contributed by atoms with van der Waals surface area (Å²) in [4.78, 5) is 0. The number of rotatable bonds is 1. The summed E-state index contributed by atoms with van der Waals surface area (Å²) in [5.41, 5.74) is 7.01. The average Bonchev–Trinajstić information content (AvgIpc) is 2.27. The lowest BCUT2D eigenvalue weighted by molar-refractivity contribution is 0.0429. The predicted molar refractivity (Wildman–Crippen MR) is 69.4 cm³/mol. The number of hydrogen-bond donors (Lipinski definition) is 2. The third-order valence-electron chi connectivity index (χ3n) is 5.37. The van der Waals surface area contributed by atoms with Gasteiger partial charge in [-0.2, -0.15) is 0 Å². The first-order valence-corrected chi connectivity index (χ1v) is 7.06. The average molecular weight is 224 g/mol. The van der Waals surface area contributed by atoms with E-state index in [0.29, 0.717) is 17.5 Å². The zero-order chi connectivity index (χ0) is 11.8. The van der Waals surface area contributed by atoms with Gasteiger partial charge in [0.1, 0.15) is 0 Å². The smallest absolute Gasteiger partial charge is 0.0201 e. The van der Waals surface area contributed by atoms with Crippen LogP contribution < -0.4 is 11.1 Å². The highest BCUT2D eigenvalue weighted by atomic mass is 15.1. The molecule has 3 atom stereocenters. The monoisotopic (exact) mass is 224 g/mol. The Morgan fingerprint density at radius 2 is 1.88 bits per heavy atom. The Morgan fingerprint density at radius 3 is 2.44 bits per heavy atom. The summed E-state index contributed by atoms with van der Waals surface area (Å²) in [6, 6.07) is 0.379. The molecule has 3 N–H and O–H groups in total. The maximum absolute atomic E-state index is 6.39. The van der Waals surface area contributed by atoms with Gasteiger partial charge in [-0.15, -0.1) is 0 Å². The van der Waals surface area contributed by atoms with Crippen molar-refractivity contribution in [3.05, 3.63) is 0 Å². The van der Waals surface area contributed by atoms with Crippen molar-refractivity contribution in [3.8, 4) is 0 Å². The van der Waals surface area contributed by atoms with Gasteiger partial charge in [0.25, 0.3) is 0 Å². The van der Waals surface area contributed by atoms with E-state index in [1.807, 2.05) is 0 Å². The molecular weight excluding hydrogens is 196 g/mol. The SMILES string of the molecule is CCC1(C)NC2(CCCCC2)CC(N)C1C. The van der Waals surface area contributed by atoms with Crippen LogP contribution in [-0.4, -0.2) is 17.1 Å². The van der Waals surface area contributed by atoms with Crippen LogP contribution in [0.15, 0.2) is 0 Å². The molecule has 1 aliphatic carbocycles. The van der Waals surface area contributed by atoms with E-state index >= 15 is 0 Å². The number of piperidine rings is 1. The second-order valence-corrected chi connectivity index (χ2v) is 6.39. The highest BCUT2D eigenvalue weighted by Crippen LogP contribution is 2.41. The first-order chi connectivity index (χ1) is 7.51. The number of hydrogen-bond acceptors (Lipinski definition) is 2. The number of nitrogens with one attached hydrogen (secondary N) is 1. The van der Waals surface area contributed by atoms with E-state index in [1.165, 1.54) is 44.9 Å². The van der Waals surface area contributed by atoms with Crippen molar-refractivity contribution in [1.82, 2.24) is 5.32 Å². The zero-order valence-corrected chi connectivity index (χ0v) is 11.2. The summed E-state index contributed by atoms with van der Waals surface area (Å²) in [7, 11) is 0. The van der Waals surface area contributed by atoms with Crippen LogP contribution in [0.25, 0.3) is 0 Å². The lowest BCUT2D eigenvalue weighted by Crippen LogP contribution is -2.69. The summed E-state index contributed by atoms with van der Waals surface area (Å²) >= 11 is 0. The molecule has 3 unspecified atom stereocenters. The minimum Gasteiger partial charge on any atom is -0.327 e. The molecule has 0 bridgehead atoms. The molecule has 2 fully saturated rings. The van der Waals surface area contributed by atoms with Crippen molar-refractivity contribution in [3.63, 3.8) is 0 Å². The molecule has 2 aliphatic rings. The first-order valence-electron chi connectivity index (χ1n) is 7.06.